The van der Waals surface area contributed by atoms with E-state index in [0.717, 1.165) is 0 Å². The molecule has 3 amide bonds. The Morgan fingerprint density at radius 3 is 1.77 bits per heavy atom. The van der Waals surface area contributed by atoms with Crippen LogP contribution in [0, 0.1) is 13.8 Å². The van der Waals surface area contributed by atoms with Crippen molar-refractivity contribution in [3.8, 4) is 11.5 Å². The number of amides is 3. The number of aromatic nitrogens is 8. The van der Waals surface area contributed by atoms with Crippen LogP contribution < -0.4 is 26.3 Å². The van der Waals surface area contributed by atoms with Crippen LogP contribution in [0.4, 0.5) is 5.95 Å². The van der Waals surface area contributed by atoms with E-state index in [0.29, 0.717) is 107 Å². The highest BCUT2D eigenvalue weighted by atomic mass is 16.5. The Balaban J connectivity index is 0.00000641. The molecule has 2 atom stereocenters. The van der Waals surface area contributed by atoms with Crippen LogP contribution in [0.15, 0.2) is 36.4 Å². The Labute approximate surface area is 358 Å². The molecule has 4 aromatic heterocycles. The molecule has 2 aromatic carbocycles. The summed E-state index contributed by atoms with van der Waals surface area (Å²) in [5.41, 5.74) is 15.8. The summed E-state index contributed by atoms with van der Waals surface area (Å²) in [5, 5.41) is 31.1. The predicted octanol–water partition coefficient (Wildman–Crippen LogP) is 4.44. The van der Waals surface area contributed by atoms with Crippen molar-refractivity contribution in [2.75, 3.05) is 31.7 Å². The van der Waals surface area contributed by atoms with Crippen molar-refractivity contribution >= 4 is 51.5 Å². The lowest BCUT2D eigenvalue weighted by molar-refractivity contribution is 0.0974. The van der Waals surface area contributed by atoms with E-state index in [2.05, 4.69) is 15.5 Å². The first kappa shape index (κ1) is 44.9. The SMILES string of the molecule is C.CCn1nc(C)cc1C(=O)Cc1nc2cc(C(N)=O)cc(OCCCO)c2n1C1CCC(n2c(NC(=O)c3cc(C)nn3CC)nc3cc(C(N)=O)cc(OCCCO)c32)C1. The van der Waals surface area contributed by atoms with Crippen LogP contribution in [0.25, 0.3) is 22.1 Å². The summed E-state index contributed by atoms with van der Waals surface area (Å²) in [7, 11) is 0. The second-order valence-corrected chi connectivity index (χ2v) is 15.1. The number of benzene rings is 2. The van der Waals surface area contributed by atoms with E-state index in [1.165, 1.54) is 6.07 Å². The van der Waals surface area contributed by atoms with Gasteiger partial charge in [0.2, 0.25) is 17.8 Å². The van der Waals surface area contributed by atoms with Gasteiger partial charge in [0.1, 0.15) is 39.7 Å². The standard InChI is InChI=1S/C42H51N11O8.CH4/c1-5-50-31(15-23(3)48-50)33(56)22-36-45-29-17-25(39(43)57)19-34(60-13-7-11-54)37(29)52(36)27-9-10-28(21-27)53-38-30(18-26(40(44)58)20-35(38)61-14-8-12-55)46-42(53)47-41(59)32-16-24(4)49-51(32)6-2;/h15-20,27-28,54-55H,5-14,21-22H2,1-4H3,(H2,43,57)(H2,44,58)(H,46,47,59);1H4. The molecule has 0 spiro atoms. The molecule has 62 heavy (non-hydrogen) atoms. The molecule has 0 saturated heterocycles. The van der Waals surface area contributed by atoms with Gasteiger partial charge in [-0.1, -0.05) is 7.43 Å². The van der Waals surface area contributed by atoms with Gasteiger partial charge < -0.3 is 40.3 Å². The van der Waals surface area contributed by atoms with Gasteiger partial charge in [-0.3, -0.25) is 33.9 Å². The van der Waals surface area contributed by atoms with Crippen molar-refractivity contribution in [3.05, 3.63) is 76.1 Å². The number of anilines is 1. The van der Waals surface area contributed by atoms with E-state index in [1.807, 2.05) is 29.9 Å². The van der Waals surface area contributed by atoms with E-state index in [1.54, 1.807) is 46.6 Å². The highest BCUT2D eigenvalue weighted by molar-refractivity contribution is 6.04. The topological polar surface area (TPSA) is 263 Å². The molecule has 0 bridgehead atoms. The Morgan fingerprint density at radius 1 is 0.742 bits per heavy atom. The minimum atomic E-state index is -0.694. The molecule has 2 unspecified atom stereocenters. The molecule has 4 heterocycles. The van der Waals surface area contributed by atoms with Crippen LogP contribution in [0.5, 0.6) is 11.5 Å². The second kappa shape index (κ2) is 19.0. The number of carbonyl (C=O) groups is 4. The molecular weight excluding hydrogens is 799 g/mol. The predicted molar refractivity (Wildman–Crippen MR) is 231 cm³/mol. The first-order valence-corrected chi connectivity index (χ1v) is 20.5. The Hall–Kier alpha value is -6.60. The number of hydrogen-bond donors (Lipinski definition) is 5. The first-order valence-electron chi connectivity index (χ1n) is 20.5. The van der Waals surface area contributed by atoms with Gasteiger partial charge in [-0.2, -0.15) is 10.2 Å². The number of nitrogens with two attached hydrogens (primary N) is 2. The molecule has 1 aliphatic carbocycles. The van der Waals surface area contributed by atoms with Gasteiger partial charge in [-0.05, 0) is 83.4 Å². The summed E-state index contributed by atoms with van der Waals surface area (Å²) in [4.78, 5) is 62.9. The lowest BCUT2D eigenvalue weighted by Gasteiger charge is -2.21. The lowest BCUT2D eigenvalue weighted by atomic mass is 10.1. The monoisotopic (exact) mass is 853 g/mol. The number of imidazole rings is 2. The minimum Gasteiger partial charge on any atom is -0.491 e. The van der Waals surface area contributed by atoms with E-state index in [-0.39, 0.29) is 75.2 Å². The number of ether oxygens (including phenoxy) is 2. The highest BCUT2D eigenvalue weighted by Crippen LogP contribution is 2.46. The van der Waals surface area contributed by atoms with Crippen molar-refractivity contribution in [2.45, 2.75) is 98.8 Å². The number of aliphatic hydroxyl groups is 2. The average Bonchev–Trinajstić information content (AvgIpc) is 4.06. The molecule has 330 valence electrons. The highest BCUT2D eigenvalue weighted by Gasteiger charge is 2.35. The summed E-state index contributed by atoms with van der Waals surface area (Å²) in [6, 6.07) is 9.03. The van der Waals surface area contributed by atoms with E-state index >= 15 is 0 Å². The van der Waals surface area contributed by atoms with Crippen molar-refractivity contribution in [3.63, 3.8) is 0 Å². The van der Waals surface area contributed by atoms with Crippen molar-refractivity contribution in [2.24, 2.45) is 11.5 Å². The van der Waals surface area contributed by atoms with Crippen molar-refractivity contribution in [1.82, 2.24) is 38.7 Å². The molecule has 1 saturated carbocycles. The largest absolute Gasteiger partial charge is 0.491 e. The quantitative estimate of drug-likeness (QED) is 0.0560. The summed E-state index contributed by atoms with van der Waals surface area (Å²) in [6.45, 7) is 8.41. The lowest BCUT2D eigenvalue weighted by Crippen LogP contribution is -2.21. The maximum Gasteiger partial charge on any atom is 0.276 e. The number of primary amides is 2. The molecule has 0 aliphatic heterocycles. The van der Waals surface area contributed by atoms with Crippen LogP contribution in [0.2, 0.25) is 0 Å². The number of aliphatic hydroxyl groups excluding tert-OH is 2. The minimum absolute atomic E-state index is 0. The van der Waals surface area contributed by atoms with Gasteiger partial charge in [0.05, 0.1) is 42.1 Å². The first-order chi connectivity index (χ1) is 29.3. The van der Waals surface area contributed by atoms with E-state index in [4.69, 9.17) is 30.9 Å². The van der Waals surface area contributed by atoms with Gasteiger partial charge in [0.25, 0.3) is 5.91 Å². The zero-order valence-corrected chi connectivity index (χ0v) is 34.7. The van der Waals surface area contributed by atoms with Crippen LogP contribution in [0.3, 0.4) is 0 Å². The van der Waals surface area contributed by atoms with Crippen molar-refractivity contribution in [1.29, 1.82) is 0 Å². The fraction of sp³-hybridized carbons (Fsp3) is 0.442. The number of rotatable bonds is 19. The molecule has 6 aromatic rings. The molecule has 0 radical (unpaired) electrons. The van der Waals surface area contributed by atoms with Crippen LogP contribution in [-0.2, 0) is 19.5 Å². The molecule has 7 N–H and O–H groups in total. The van der Waals surface area contributed by atoms with Gasteiger partial charge in [0.15, 0.2) is 5.78 Å². The maximum absolute atomic E-state index is 14.1. The Bertz CT molecular complexity index is 2460. The zero-order chi connectivity index (χ0) is 43.5. The van der Waals surface area contributed by atoms with Gasteiger partial charge in [-0.25, -0.2) is 9.97 Å². The van der Waals surface area contributed by atoms with Gasteiger partial charge in [0, 0.05) is 62.4 Å². The molecular formula is C43H55N11O8. The third kappa shape index (κ3) is 8.89. The smallest absolute Gasteiger partial charge is 0.276 e. The second-order valence-electron chi connectivity index (χ2n) is 15.1. The molecule has 19 heteroatoms. The average molecular weight is 854 g/mol. The van der Waals surface area contributed by atoms with Crippen molar-refractivity contribution < 1.29 is 38.9 Å². The maximum atomic E-state index is 14.1. The van der Waals surface area contributed by atoms with E-state index in [9.17, 15) is 29.4 Å². The number of aryl methyl sites for hydroxylation is 4. The van der Waals surface area contributed by atoms with Crippen LogP contribution >= 0.6 is 0 Å². The summed E-state index contributed by atoms with van der Waals surface area (Å²) in [6.07, 6.45) is 2.13. The third-order valence-electron chi connectivity index (χ3n) is 10.8. The van der Waals surface area contributed by atoms with E-state index < -0.39 is 17.7 Å². The number of Topliss-reactive ketones (excluding diaryl/α,β-unsaturated/α-hetero) is 1. The van der Waals surface area contributed by atoms with Crippen LogP contribution in [-0.4, -0.2) is 98.8 Å². The number of hydrogen-bond acceptors (Lipinski definition) is 12. The van der Waals surface area contributed by atoms with Crippen LogP contribution in [0.1, 0.15) is 124 Å². The molecule has 1 aliphatic rings. The van der Waals surface area contributed by atoms with Gasteiger partial charge >= 0.3 is 0 Å². The summed E-state index contributed by atoms with van der Waals surface area (Å²) < 4.78 is 19.5. The number of carbonyl (C=O) groups excluding carboxylic acids is 4. The molecule has 19 nitrogen and oxygen atoms in total. The normalized spacial score (nSPS) is 14.9. The molecule has 7 rings (SSSR count). The number of nitrogens with zero attached hydrogens (tertiary/aromatic N) is 8. The third-order valence-corrected chi connectivity index (χ3v) is 10.8. The summed E-state index contributed by atoms with van der Waals surface area (Å²) >= 11 is 0. The number of nitrogens with one attached hydrogen (secondary N) is 1. The fourth-order valence-corrected chi connectivity index (χ4v) is 8.18. The van der Waals surface area contributed by atoms with Gasteiger partial charge in [-0.15, -0.1) is 0 Å². The zero-order valence-electron chi connectivity index (χ0n) is 34.7. The number of fused-ring (bicyclic) bond motifs is 2. The Kier molecular flexibility index (Phi) is 13.8. The summed E-state index contributed by atoms with van der Waals surface area (Å²) in [5.74, 6) is -0.754. The molecule has 1 fully saturated rings. The number of ketones is 1. The fourth-order valence-electron chi connectivity index (χ4n) is 8.18. The Morgan fingerprint density at radius 2 is 1.24 bits per heavy atom.